The molecule has 0 bridgehead atoms. The van der Waals surface area contributed by atoms with Crippen molar-refractivity contribution < 1.29 is 22.7 Å². The van der Waals surface area contributed by atoms with E-state index in [1.54, 1.807) is 12.1 Å². The summed E-state index contributed by atoms with van der Waals surface area (Å²) >= 11 is 0. The standard InChI is InChI=1S/C32H38F3N5O2/c1-21(2)29-17-37(4)10-11-38(29)15-23-12-26-27(28(13-23)32(33,34)35)16-40(30(26)41)25-7-5-6-24(14-25)31(19-42-20-31)18-39-9-8-22(3)36-39/h5-9,12-14,21,29H,10-11,15-20H2,1-4H3/t29-/m0/s1. The Bertz CT molecular complexity index is 1480. The molecule has 2 aromatic carbocycles. The second kappa shape index (κ2) is 10.8. The average molecular weight is 582 g/mol. The van der Waals surface area contributed by atoms with Crippen LogP contribution >= 0.6 is 0 Å². The molecule has 10 heteroatoms. The number of aryl methyl sites for hydroxylation is 1. The molecule has 7 nitrogen and oxygen atoms in total. The minimum absolute atomic E-state index is 0.0501. The summed E-state index contributed by atoms with van der Waals surface area (Å²) in [5, 5.41) is 4.53. The summed E-state index contributed by atoms with van der Waals surface area (Å²) in [5.41, 5.74) is 2.19. The van der Waals surface area contributed by atoms with Gasteiger partial charge in [0.15, 0.2) is 0 Å². The van der Waals surface area contributed by atoms with Crippen LogP contribution in [0.1, 0.15) is 52.2 Å². The molecule has 1 aromatic heterocycles. The maximum Gasteiger partial charge on any atom is 0.416 e. The van der Waals surface area contributed by atoms with Crippen molar-refractivity contribution in [2.75, 3.05) is 44.8 Å². The summed E-state index contributed by atoms with van der Waals surface area (Å²) in [7, 11) is 2.07. The molecule has 0 spiro atoms. The lowest BCUT2D eigenvalue weighted by Gasteiger charge is -2.42. The van der Waals surface area contributed by atoms with Gasteiger partial charge in [0.05, 0.1) is 43.0 Å². The van der Waals surface area contributed by atoms with Gasteiger partial charge in [0.1, 0.15) is 0 Å². The quantitative estimate of drug-likeness (QED) is 0.388. The number of hydrogen-bond acceptors (Lipinski definition) is 5. The van der Waals surface area contributed by atoms with E-state index < -0.39 is 17.6 Å². The highest BCUT2D eigenvalue weighted by Gasteiger charge is 2.43. The van der Waals surface area contributed by atoms with Gasteiger partial charge in [-0.1, -0.05) is 26.0 Å². The number of nitrogens with zero attached hydrogens (tertiary/aromatic N) is 5. The number of likely N-dealkylation sites (N-methyl/N-ethyl adjacent to an activating group) is 1. The molecule has 2 saturated heterocycles. The number of carbonyl (C=O) groups is 1. The highest BCUT2D eigenvalue weighted by atomic mass is 19.4. The lowest BCUT2D eigenvalue weighted by Crippen LogP contribution is -2.53. The average Bonchev–Trinajstić information content (AvgIpc) is 3.48. The first-order valence-electron chi connectivity index (χ1n) is 14.6. The van der Waals surface area contributed by atoms with E-state index in [0.717, 1.165) is 30.9 Å². The topological polar surface area (TPSA) is 53.8 Å². The number of piperazine rings is 1. The molecule has 3 aromatic rings. The van der Waals surface area contributed by atoms with Gasteiger partial charge in [-0.25, -0.2) is 0 Å². The Balaban J connectivity index is 1.30. The predicted molar refractivity (Wildman–Crippen MR) is 154 cm³/mol. The number of amides is 1. The fourth-order valence-electron chi connectivity index (χ4n) is 6.64. The Kier molecular flexibility index (Phi) is 7.43. The van der Waals surface area contributed by atoms with E-state index in [9.17, 15) is 18.0 Å². The summed E-state index contributed by atoms with van der Waals surface area (Å²) in [6.45, 7) is 10.6. The lowest BCUT2D eigenvalue weighted by molar-refractivity contribution is -0.138. The van der Waals surface area contributed by atoms with E-state index >= 15 is 0 Å². The minimum atomic E-state index is -4.56. The molecule has 1 amide bonds. The zero-order valence-corrected chi connectivity index (χ0v) is 24.6. The number of fused-ring (bicyclic) bond motifs is 1. The molecular formula is C32H38F3N5O2. The number of benzene rings is 2. The monoisotopic (exact) mass is 581 g/mol. The summed E-state index contributed by atoms with van der Waals surface area (Å²) in [6.07, 6.45) is -2.63. The summed E-state index contributed by atoms with van der Waals surface area (Å²) < 4.78 is 50.8. The molecule has 0 aliphatic carbocycles. The van der Waals surface area contributed by atoms with E-state index in [1.165, 1.54) is 11.0 Å². The zero-order valence-electron chi connectivity index (χ0n) is 24.6. The number of anilines is 1. The van der Waals surface area contributed by atoms with Crippen LogP contribution < -0.4 is 4.90 Å². The predicted octanol–water partition coefficient (Wildman–Crippen LogP) is 5.11. The SMILES string of the molecule is Cc1ccn(CC2(c3cccc(N4Cc5c(cc(CN6CCN(C)C[C@H]6C(C)C)cc5C(F)(F)F)C4=O)c3)COC2)n1. The Morgan fingerprint density at radius 3 is 2.55 bits per heavy atom. The van der Waals surface area contributed by atoms with Gasteiger partial charge in [-0.2, -0.15) is 18.3 Å². The smallest absolute Gasteiger partial charge is 0.379 e. The van der Waals surface area contributed by atoms with Crippen molar-refractivity contribution in [3.05, 3.63) is 82.2 Å². The summed E-state index contributed by atoms with van der Waals surface area (Å²) in [5.74, 6) is -0.0368. The van der Waals surface area contributed by atoms with Gasteiger partial charge >= 0.3 is 6.18 Å². The fraction of sp³-hybridized carbons (Fsp3) is 0.500. The van der Waals surface area contributed by atoms with E-state index in [4.69, 9.17) is 4.74 Å². The van der Waals surface area contributed by atoms with Gasteiger partial charge in [0.25, 0.3) is 5.91 Å². The van der Waals surface area contributed by atoms with E-state index in [0.29, 0.717) is 43.5 Å². The van der Waals surface area contributed by atoms with Gasteiger partial charge in [-0.15, -0.1) is 0 Å². The maximum atomic E-state index is 14.4. The van der Waals surface area contributed by atoms with Crippen LogP contribution in [-0.4, -0.2) is 71.4 Å². The van der Waals surface area contributed by atoms with Gasteiger partial charge < -0.3 is 14.5 Å². The molecule has 0 saturated carbocycles. The molecule has 0 radical (unpaired) electrons. The molecule has 3 aliphatic rings. The van der Waals surface area contributed by atoms with Crippen LogP contribution in [-0.2, 0) is 36.0 Å². The van der Waals surface area contributed by atoms with Crippen molar-refractivity contribution in [2.45, 2.75) is 58.0 Å². The first-order chi connectivity index (χ1) is 19.9. The number of hydrogen-bond donors (Lipinski definition) is 0. The second-order valence-corrected chi connectivity index (χ2v) is 12.6. The normalized spacial score (nSPS) is 21.2. The largest absolute Gasteiger partial charge is 0.416 e. The number of aromatic nitrogens is 2. The Morgan fingerprint density at radius 1 is 1.12 bits per heavy atom. The lowest BCUT2D eigenvalue weighted by atomic mass is 9.78. The van der Waals surface area contributed by atoms with Crippen LogP contribution in [0.3, 0.4) is 0 Å². The van der Waals surface area contributed by atoms with Crippen molar-refractivity contribution in [2.24, 2.45) is 5.92 Å². The molecule has 0 N–H and O–H groups in total. The van der Waals surface area contributed by atoms with Crippen molar-refractivity contribution in [3.8, 4) is 0 Å². The van der Waals surface area contributed by atoms with Crippen LogP contribution in [0.2, 0.25) is 0 Å². The molecule has 42 heavy (non-hydrogen) atoms. The zero-order chi connectivity index (χ0) is 29.8. The number of rotatable bonds is 7. The first kappa shape index (κ1) is 28.9. The third kappa shape index (κ3) is 5.36. The van der Waals surface area contributed by atoms with Crippen molar-refractivity contribution in [3.63, 3.8) is 0 Å². The number of ether oxygens (including phenoxy) is 1. The van der Waals surface area contributed by atoms with E-state index in [2.05, 4.69) is 35.8 Å². The molecule has 2 fully saturated rings. The number of carbonyl (C=O) groups excluding carboxylic acids is 1. The minimum Gasteiger partial charge on any atom is -0.379 e. The highest BCUT2D eigenvalue weighted by Crippen LogP contribution is 2.41. The van der Waals surface area contributed by atoms with Gasteiger partial charge in [0.2, 0.25) is 0 Å². The Morgan fingerprint density at radius 2 is 1.90 bits per heavy atom. The molecule has 3 aliphatic heterocycles. The number of alkyl halides is 3. The molecule has 0 unspecified atom stereocenters. The summed E-state index contributed by atoms with van der Waals surface area (Å²) in [4.78, 5) is 19.8. The van der Waals surface area contributed by atoms with Crippen LogP contribution in [0.15, 0.2) is 48.7 Å². The highest BCUT2D eigenvalue weighted by molar-refractivity contribution is 6.10. The summed E-state index contributed by atoms with van der Waals surface area (Å²) in [6, 6.07) is 12.7. The third-order valence-corrected chi connectivity index (χ3v) is 9.06. The first-order valence-corrected chi connectivity index (χ1v) is 14.6. The van der Waals surface area contributed by atoms with Crippen LogP contribution in [0.4, 0.5) is 18.9 Å². The number of halogens is 3. The van der Waals surface area contributed by atoms with E-state index in [1.807, 2.05) is 42.1 Å². The van der Waals surface area contributed by atoms with Crippen LogP contribution in [0.25, 0.3) is 0 Å². The molecule has 6 rings (SSSR count). The van der Waals surface area contributed by atoms with Gasteiger partial charge in [-0.05, 0) is 66.9 Å². The fourth-order valence-corrected chi connectivity index (χ4v) is 6.64. The second-order valence-electron chi connectivity index (χ2n) is 12.6. The van der Waals surface area contributed by atoms with Crippen molar-refractivity contribution >= 4 is 11.6 Å². The van der Waals surface area contributed by atoms with Crippen LogP contribution in [0.5, 0.6) is 0 Å². The van der Waals surface area contributed by atoms with Crippen molar-refractivity contribution in [1.82, 2.24) is 19.6 Å². The maximum absolute atomic E-state index is 14.4. The van der Waals surface area contributed by atoms with Gasteiger partial charge in [0, 0.05) is 49.7 Å². The van der Waals surface area contributed by atoms with Crippen molar-refractivity contribution in [1.29, 1.82) is 0 Å². The van der Waals surface area contributed by atoms with Crippen LogP contribution in [0, 0.1) is 12.8 Å². The van der Waals surface area contributed by atoms with E-state index in [-0.39, 0.29) is 29.1 Å². The third-order valence-electron chi connectivity index (χ3n) is 9.06. The van der Waals surface area contributed by atoms with Gasteiger partial charge in [-0.3, -0.25) is 14.4 Å². The molecular weight excluding hydrogens is 543 g/mol. The molecule has 4 heterocycles. The molecule has 224 valence electrons. The Labute approximate surface area is 244 Å². The Hall–Kier alpha value is -3.21. The molecule has 1 atom stereocenters.